The van der Waals surface area contributed by atoms with Crippen LogP contribution in [-0.4, -0.2) is 50.2 Å². The van der Waals surface area contributed by atoms with E-state index in [1.807, 2.05) is 30.3 Å². The molecule has 1 heterocycles. The summed E-state index contributed by atoms with van der Waals surface area (Å²) in [6.07, 6.45) is 1.94. The van der Waals surface area contributed by atoms with Gasteiger partial charge in [-0.15, -0.1) is 0 Å². The fourth-order valence-corrected chi connectivity index (χ4v) is 2.62. The molecule has 0 aromatic heterocycles. The highest BCUT2D eigenvalue weighted by molar-refractivity contribution is 5.83. The van der Waals surface area contributed by atoms with Gasteiger partial charge >= 0.3 is 0 Å². The highest BCUT2D eigenvalue weighted by Gasteiger charge is 2.23. The molecule has 1 unspecified atom stereocenters. The number of hydrogen-bond donors (Lipinski definition) is 2. The summed E-state index contributed by atoms with van der Waals surface area (Å²) in [6.45, 7) is 3.71. The lowest BCUT2D eigenvalue weighted by molar-refractivity contribution is -0.123. The summed E-state index contributed by atoms with van der Waals surface area (Å²) in [5.74, 6) is -0.0865. The van der Waals surface area contributed by atoms with Crippen LogP contribution in [0.2, 0.25) is 0 Å². The van der Waals surface area contributed by atoms with Gasteiger partial charge in [-0.05, 0) is 18.4 Å². The van der Waals surface area contributed by atoms with Crippen molar-refractivity contribution in [2.24, 2.45) is 5.73 Å². The lowest BCUT2D eigenvalue weighted by atomic mass is 10.0. The van der Waals surface area contributed by atoms with Gasteiger partial charge in [-0.3, -0.25) is 4.79 Å². The molecule has 1 saturated heterocycles. The SMILES string of the molecule is COCCN1CCC(NC(=O)C(N)c2ccccc2)CC1. The number of benzene rings is 1. The Morgan fingerprint density at radius 2 is 2.05 bits per heavy atom. The molecule has 0 radical (unpaired) electrons. The van der Waals surface area contributed by atoms with Crippen molar-refractivity contribution in [1.82, 2.24) is 10.2 Å². The fourth-order valence-electron chi connectivity index (χ4n) is 2.62. The van der Waals surface area contributed by atoms with Crippen LogP contribution in [0.25, 0.3) is 0 Å². The van der Waals surface area contributed by atoms with E-state index in [4.69, 9.17) is 10.5 Å². The van der Waals surface area contributed by atoms with Gasteiger partial charge in [-0.2, -0.15) is 0 Å². The summed E-state index contributed by atoms with van der Waals surface area (Å²) in [4.78, 5) is 14.6. The molecular weight excluding hydrogens is 266 g/mol. The Bertz CT molecular complexity index is 430. The molecule has 116 valence electrons. The minimum Gasteiger partial charge on any atom is -0.383 e. The summed E-state index contributed by atoms with van der Waals surface area (Å²) in [5.41, 5.74) is 6.86. The van der Waals surface area contributed by atoms with Gasteiger partial charge in [0.1, 0.15) is 6.04 Å². The second kappa shape index (κ2) is 8.12. The molecule has 21 heavy (non-hydrogen) atoms. The monoisotopic (exact) mass is 291 g/mol. The van der Waals surface area contributed by atoms with Crippen LogP contribution < -0.4 is 11.1 Å². The first-order valence-electron chi connectivity index (χ1n) is 7.53. The maximum atomic E-state index is 12.2. The van der Waals surface area contributed by atoms with Crippen LogP contribution in [0.3, 0.4) is 0 Å². The number of piperidine rings is 1. The van der Waals surface area contributed by atoms with Crippen molar-refractivity contribution in [3.8, 4) is 0 Å². The molecule has 0 spiro atoms. The largest absolute Gasteiger partial charge is 0.383 e. The molecule has 1 aromatic carbocycles. The summed E-state index contributed by atoms with van der Waals surface area (Å²) in [7, 11) is 1.72. The maximum absolute atomic E-state index is 12.2. The topological polar surface area (TPSA) is 67.6 Å². The third-order valence-electron chi connectivity index (χ3n) is 3.99. The third kappa shape index (κ3) is 4.81. The normalized spacial score (nSPS) is 18.4. The molecule has 0 aliphatic carbocycles. The quantitative estimate of drug-likeness (QED) is 0.817. The van der Waals surface area contributed by atoms with E-state index in [1.54, 1.807) is 7.11 Å². The number of carbonyl (C=O) groups is 1. The molecule has 1 amide bonds. The molecule has 3 N–H and O–H groups in total. The van der Waals surface area contributed by atoms with Gasteiger partial charge in [0.15, 0.2) is 0 Å². The standard InChI is InChI=1S/C16H25N3O2/c1-21-12-11-19-9-7-14(8-10-19)18-16(20)15(17)13-5-3-2-4-6-13/h2-6,14-15H,7-12,17H2,1H3,(H,18,20). The van der Waals surface area contributed by atoms with Gasteiger partial charge in [0.25, 0.3) is 0 Å². The van der Waals surface area contributed by atoms with Crippen LogP contribution in [0.5, 0.6) is 0 Å². The molecule has 0 bridgehead atoms. The fraction of sp³-hybridized carbons (Fsp3) is 0.562. The van der Waals surface area contributed by atoms with Crippen molar-refractivity contribution in [1.29, 1.82) is 0 Å². The zero-order chi connectivity index (χ0) is 15.1. The number of nitrogens with zero attached hydrogens (tertiary/aromatic N) is 1. The Balaban J connectivity index is 1.77. The first-order chi connectivity index (χ1) is 10.2. The van der Waals surface area contributed by atoms with Crippen molar-refractivity contribution >= 4 is 5.91 Å². The van der Waals surface area contributed by atoms with E-state index in [0.717, 1.165) is 44.6 Å². The molecule has 5 nitrogen and oxygen atoms in total. The summed E-state index contributed by atoms with van der Waals surface area (Å²) < 4.78 is 5.09. The molecule has 1 fully saturated rings. The van der Waals surface area contributed by atoms with Gasteiger partial charge in [-0.25, -0.2) is 0 Å². The Hall–Kier alpha value is -1.43. The zero-order valence-corrected chi connectivity index (χ0v) is 12.6. The van der Waals surface area contributed by atoms with E-state index in [9.17, 15) is 4.79 Å². The van der Waals surface area contributed by atoms with Crippen LogP contribution in [0.15, 0.2) is 30.3 Å². The minimum atomic E-state index is -0.585. The van der Waals surface area contributed by atoms with E-state index in [-0.39, 0.29) is 11.9 Å². The molecule has 1 aromatic rings. The number of ether oxygens (including phenoxy) is 1. The Kier molecular flexibility index (Phi) is 6.17. The number of amides is 1. The van der Waals surface area contributed by atoms with Gasteiger partial charge in [0.2, 0.25) is 5.91 Å². The number of rotatable bonds is 6. The van der Waals surface area contributed by atoms with Gasteiger partial charge in [0, 0.05) is 32.8 Å². The van der Waals surface area contributed by atoms with Crippen molar-refractivity contribution in [3.63, 3.8) is 0 Å². The highest BCUT2D eigenvalue weighted by atomic mass is 16.5. The van der Waals surface area contributed by atoms with Crippen LogP contribution >= 0.6 is 0 Å². The van der Waals surface area contributed by atoms with E-state index in [0.29, 0.717) is 0 Å². The number of carbonyl (C=O) groups excluding carboxylic acids is 1. The second-order valence-corrected chi connectivity index (χ2v) is 5.51. The number of nitrogens with two attached hydrogens (primary N) is 1. The Morgan fingerprint density at radius 1 is 1.38 bits per heavy atom. The van der Waals surface area contributed by atoms with Crippen molar-refractivity contribution in [2.75, 3.05) is 33.4 Å². The smallest absolute Gasteiger partial charge is 0.241 e. The molecule has 0 saturated carbocycles. The molecule has 2 rings (SSSR count). The van der Waals surface area contributed by atoms with Gasteiger partial charge in [-0.1, -0.05) is 30.3 Å². The lowest BCUT2D eigenvalue weighted by Crippen LogP contribution is -2.47. The van der Waals surface area contributed by atoms with Gasteiger partial charge < -0.3 is 20.7 Å². The summed E-state index contributed by atoms with van der Waals surface area (Å²) in [5, 5.41) is 3.07. The Morgan fingerprint density at radius 3 is 2.67 bits per heavy atom. The second-order valence-electron chi connectivity index (χ2n) is 5.51. The zero-order valence-electron chi connectivity index (χ0n) is 12.6. The van der Waals surface area contributed by atoms with Crippen molar-refractivity contribution in [3.05, 3.63) is 35.9 Å². The first-order valence-corrected chi connectivity index (χ1v) is 7.53. The molecule has 1 aliphatic heterocycles. The first kappa shape index (κ1) is 15.9. The van der Waals surface area contributed by atoms with E-state index in [1.165, 1.54) is 0 Å². The van der Waals surface area contributed by atoms with E-state index in [2.05, 4.69) is 10.2 Å². The molecule has 1 atom stereocenters. The predicted molar refractivity (Wildman–Crippen MR) is 82.9 cm³/mol. The van der Waals surface area contributed by atoms with Crippen molar-refractivity contribution in [2.45, 2.75) is 24.9 Å². The van der Waals surface area contributed by atoms with Crippen LogP contribution in [0, 0.1) is 0 Å². The van der Waals surface area contributed by atoms with E-state index < -0.39 is 6.04 Å². The number of methoxy groups -OCH3 is 1. The summed E-state index contributed by atoms with van der Waals surface area (Å²) in [6, 6.07) is 9.14. The minimum absolute atomic E-state index is 0.0865. The third-order valence-corrected chi connectivity index (χ3v) is 3.99. The van der Waals surface area contributed by atoms with Crippen molar-refractivity contribution < 1.29 is 9.53 Å². The average Bonchev–Trinajstić information content (AvgIpc) is 2.54. The molecular formula is C16H25N3O2. The van der Waals surface area contributed by atoms with Gasteiger partial charge in [0.05, 0.1) is 6.61 Å². The van der Waals surface area contributed by atoms with Crippen LogP contribution in [0.4, 0.5) is 0 Å². The Labute approximate surface area is 126 Å². The summed E-state index contributed by atoms with van der Waals surface area (Å²) >= 11 is 0. The van der Waals surface area contributed by atoms with Crippen LogP contribution in [0.1, 0.15) is 24.4 Å². The lowest BCUT2D eigenvalue weighted by Gasteiger charge is -2.32. The predicted octanol–water partition coefficient (Wildman–Crippen LogP) is 0.913. The van der Waals surface area contributed by atoms with E-state index >= 15 is 0 Å². The average molecular weight is 291 g/mol. The molecule has 1 aliphatic rings. The van der Waals surface area contributed by atoms with Crippen LogP contribution in [-0.2, 0) is 9.53 Å². The number of hydrogen-bond acceptors (Lipinski definition) is 4. The number of nitrogens with one attached hydrogen (secondary N) is 1. The molecule has 5 heteroatoms. The maximum Gasteiger partial charge on any atom is 0.241 e. The highest BCUT2D eigenvalue weighted by Crippen LogP contribution is 2.13. The number of likely N-dealkylation sites (tertiary alicyclic amines) is 1.